The zero-order valence-electron chi connectivity index (χ0n) is 15.5. The van der Waals surface area contributed by atoms with Crippen molar-refractivity contribution in [2.45, 2.75) is 26.7 Å². The number of fused-ring (bicyclic) bond motifs is 1. The number of phenolic OH excluding ortho intramolecular Hbond substituents is 2. The second-order valence-corrected chi connectivity index (χ2v) is 7.98. The first kappa shape index (κ1) is 17.5. The van der Waals surface area contributed by atoms with Gasteiger partial charge < -0.3 is 19.5 Å². The van der Waals surface area contributed by atoms with Gasteiger partial charge in [-0.2, -0.15) is 0 Å². The van der Waals surface area contributed by atoms with Crippen LogP contribution in [-0.4, -0.2) is 23.3 Å². The molecule has 0 spiro atoms. The Morgan fingerprint density at radius 2 is 1.67 bits per heavy atom. The molecule has 1 aromatic heterocycles. The van der Waals surface area contributed by atoms with Crippen molar-refractivity contribution in [3.63, 3.8) is 0 Å². The standard InChI is InChI=1S/C22H23NO4/c1-22(2)9-11-23(12-10-22)15-5-3-14(4-6-15)19-13-18(25)16-7-8-17(24)20(26)21(16)27-19/h3-8,13,24,26H,9-12H2,1-2H3. The van der Waals surface area contributed by atoms with Gasteiger partial charge in [-0.1, -0.05) is 13.8 Å². The van der Waals surface area contributed by atoms with Gasteiger partial charge in [0.15, 0.2) is 16.8 Å². The molecule has 0 aliphatic carbocycles. The smallest absolute Gasteiger partial charge is 0.201 e. The highest BCUT2D eigenvalue weighted by molar-refractivity contribution is 5.86. The van der Waals surface area contributed by atoms with E-state index in [1.54, 1.807) is 0 Å². The van der Waals surface area contributed by atoms with Crippen LogP contribution in [0.5, 0.6) is 11.5 Å². The molecule has 0 unspecified atom stereocenters. The SMILES string of the molecule is CC1(C)CCN(c2ccc(-c3cc(=O)c4ccc(O)c(O)c4o3)cc2)CC1. The van der Waals surface area contributed by atoms with Crippen molar-refractivity contribution in [1.82, 2.24) is 0 Å². The molecule has 0 bridgehead atoms. The van der Waals surface area contributed by atoms with Gasteiger partial charge in [-0.05, 0) is 54.7 Å². The molecule has 2 heterocycles. The summed E-state index contributed by atoms with van der Waals surface area (Å²) in [6, 6.07) is 12.0. The fraction of sp³-hybridized carbons (Fsp3) is 0.318. The van der Waals surface area contributed by atoms with Crippen LogP contribution in [0.3, 0.4) is 0 Å². The molecule has 1 aliphatic rings. The number of rotatable bonds is 2. The Kier molecular flexibility index (Phi) is 4.10. The quantitative estimate of drug-likeness (QED) is 0.654. The molecule has 3 aromatic rings. The Morgan fingerprint density at radius 1 is 1.00 bits per heavy atom. The van der Waals surface area contributed by atoms with Crippen molar-refractivity contribution in [1.29, 1.82) is 0 Å². The molecule has 2 N–H and O–H groups in total. The number of nitrogens with zero attached hydrogens (tertiary/aromatic N) is 1. The Bertz CT molecular complexity index is 1040. The van der Waals surface area contributed by atoms with E-state index < -0.39 is 5.75 Å². The van der Waals surface area contributed by atoms with Crippen LogP contribution >= 0.6 is 0 Å². The van der Waals surface area contributed by atoms with E-state index >= 15 is 0 Å². The summed E-state index contributed by atoms with van der Waals surface area (Å²) in [5, 5.41) is 19.9. The Morgan fingerprint density at radius 3 is 2.33 bits per heavy atom. The van der Waals surface area contributed by atoms with Crippen molar-refractivity contribution in [2.24, 2.45) is 5.41 Å². The number of aromatic hydroxyl groups is 2. The molecule has 1 aliphatic heterocycles. The first-order valence-corrected chi connectivity index (χ1v) is 9.18. The highest BCUT2D eigenvalue weighted by atomic mass is 16.4. The zero-order chi connectivity index (χ0) is 19.2. The number of hydrogen-bond donors (Lipinski definition) is 2. The van der Waals surface area contributed by atoms with Gasteiger partial charge in [0.25, 0.3) is 0 Å². The average Bonchev–Trinajstić information content (AvgIpc) is 2.65. The van der Waals surface area contributed by atoms with Crippen LogP contribution in [0.15, 0.2) is 51.7 Å². The fourth-order valence-electron chi connectivity index (χ4n) is 3.54. The maximum Gasteiger partial charge on any atom is 0.201 e. The summed E-state index contributed by atoms with van der Waals surface area (Å²) in [7, 11) is 0. The number of hydrogen-bond acceptors (Lipinski definition) is 5. The molecule has 0 amide bonds. The first-order chi connectivity index (χ1) is 12.8. The van der Waals surface area contributed by atoms with Gasteiger partial charge in [0, 0.05) is 30.4 Å². The van der Waals surface area contributed by atoms with Crippen LogP contribution in [0, 0.1) is 5.41 Å². The van der Waals surface area contributed by atoms with Crippen molar-refractivity contribution < 1.29 is 14.6 Å². The lowest BCUT2D eigenvalue weighted by Gasteiger charge is -2.38. The Balaban J connectivity index is 1.66. The summed E-state index contributed by atoms with van der Waals surface area (Å²) < 4.78 is 5.73. The number of anilines is 1. The molecule has 0 atom stereocenters. The summed E-state index contributed by atoms with van der Waals surface area (Å²) in [5.74, 6) is -0.370. The number of phenols is 2. The molecule has 4 rings (SSSR count). The van der Waals surface area contributed by atoms with E-state index in [-0.39, 0.29) is 22.1 Å². The second-order valence-electron chi connectivity index (χ2n) is 7.98. The molecule has 5 nitrogen and oxygen atoms in total. The molecule has 5 heteroatoms. The molecule has 140 valence electrons. The summed E-state index contributed by atoms with van der Waals surface area (Å²) >= 11 is 0. The largest absolute Gasteiger partial charge is 0.504 e. The lowest BCUT2D eigenvalue weighted by atomic mass is 9.82. The van der Waals surface area contributed by atoms with Crippen molar-refractivity contribution in [3.8, 4) is 22.8 Å². The van der Waals surface area contributed by atoms with Crippen LogP contribution in [0.25, 0.3) is 22.3 Å². The maximum absolute atomic E-state index is 12.4. The Labute approximate surface area is 157 Å². The van der Waals surface area contributed by atoms with Gasteiger partial charge in [-0.15, -0.1) is 0 Å². The third kappa shape index (κ3) is 3.25. The third-order valence-electron chi connectivity index (χ3n) is 5.48. The third-order valence-corrected chi connectivity index (χ3v) is 5.48. The summed E-state index contributed by atoms with van der Waals surface area (Å²) in [6.45, 7) is 6.68. The van der Waals surface area contributed by atoms with Gasteiger partial charge in [-0.25, -0.2) is 0 Å². The lowest BCUT2D eigenvalue weighted by molar-refractivity contribution is 0.280. The predicted molar refractivity (Wildman–Crippen MR) is 106 cm³/mol. The zero-order valence-corrected chi connectivity index (χ0v) is 15.5. The van der Waals surface area contributed by atoms with Crippen LogP contribution in [0.4, 0.5) is 5.69 Å². The van der Waals surface area contributed by atoms with Crippen molar-refractivity contribution >= 4 is 16.7 Å². The van der Waals surface area contributed by atoms with Crippen molar-refractivity contribution in [3.05, 3.63) is 52.7 Å². The molecule has 0 saturated carbocycles. The summed E-state index contributed by atoms with van der Waals surface area (Å²) in [4.78, 5) is 14.7. The van der Waals surface area contributed by atoms with Gasteiger partial charge in [0.2, 0.25) is 5.75 Å². The molecule has 2 aromatic carbocycles. The molecule has 1 fully saturated rings. The summed E-state index contributed by atoms with van der Waals surface area (Å²) in [5.41, 5.74) is 2.04. The Hall–Kier alpha value is -2.95. The van der Waals surface area contributed by atoms with E-state index in [1.165, 1.54) is 18.2 Å². The normalized spacial score (nSPS) is 16.6. The molecule has 0 radical (unpaired) electrons. The van der Waals surface area contributed by atoms with E-state index in [9.17, 15) is 15.0 Å². The van der Waals surface area contributed by atoms with Crippen LogP contribution < -0.4 is 10.3 Å². The van der Waals surface area contributed by atoms with E-state index in [2.05, 4.69) is 18.7 Å². The van der Waals surface area contributed by atoms with E-state index in [1.807, 2.05) is 24.3 Å². The number of benzene rings is 2. The first-order valence-electron chi connectivity index (χ1n) is 9.18. The van der Waals surface area contributed by atoms with Crippen LogP contribution in [0.2, 0.25) is 0 Å². The average molecular weight is 365 g/mol. The van der Waals surface area contributed by atoms with Gasteiger partial charge in [0.1, 0.15) is 5.76 Å². The minimum absolute atomic E-state index is 0.000150. The highest BCUT2D eigenvalue weighted by Crippen LogP contribution is 2.35. The molecule has 27 heavy (non-hydrogen) atoms. The van der Waals surface area contributed by atoms with Crippen LogP contribution in [0.1, 0.15) is 26.7 Å². The van der Waals surface area contributed by atoms with E-state index in [0.717, 1.165) is 37.2 Å². The van der Waals surface area contributed by atoms with Gasteiger partial charge >= 0.3 is 0 Å². The van der Waals surface area contributed by atoms with E-state index in [0.29, 0.717) is 11.2 Å². The molecular formula is C22H23NO4. The van der Waals surface area contributed by atoms with Crippen molar-refractivity contribution in [2.75, 3.05) is 18.0 Å². The minimum atomic E-state index is -0.418. The second kappa shape index (κ2) is 6.34. The topological polar surface area (TPSA) is 73.9 Å². The van der Waals surface area contributed by atoms with Gasteiger partial charge in [-0.3, -0.25) is 4.79 Å². The predicted octanol–water partition coefficient (Wildman–Crippen LogP) is 4.50. The fourth-order valence-corrected chi connectivity index (χ4v) is 3.54. The maximum atomic E-state index is 12.4. The minimum Gasteiger partial charge on any atom is -0.504 e. The van der Waals surface area contributed by atoms with E-state index in [4.69, 9.17) is 4.42 Å². The van der Waals surface area contributed by atoms with Gasteiger partial charge in [0.05, 0.1) is 5.39 Å². The monoisotopic (exact) mass is 365 g/mol. The molecular weight excluding hydrogens is 342 g/mol. The number of piperidine rings is 1. The summed E-state index contributed by atoms with van der Waals surface area (Å²) in [6.07, 6.45) is 2.33. The molecule has 1 saturated heterocycles. The van der Waals surface area contributed by atoms with Crippen LogP contribution in [-0.2, 0) is 0 Å². The highest BCUT2D eigenvalue weighted by Gasteiger charge is 2.25. The lowest BCUT2D eigenvalue weighted by Crippen LogP contribution is -2.37.